The Morgan fingerprint density at radius 1 is 1.13 bits per heavy atom. The molecular formula is C20H20N4O5S2. The molecule has 2 aromatic carbocycles. The number of nitro groups is 1. The van der Waals surface area contributed by atoms with E-state index < -0.39 is 20.9 Å². The SMILES string of the molecule is O=C(/C=C/c1cccc([N+](=O)[O-])c1)NC(=S)Nc1ccc(S(=O)(=O)N2CCCC2)cc1. The summed E-state index contributed by atoms with van der Waals surface area (Å²) in [6, 6.07) is 12.0. The quantitative estimate of drug-likeness (QED) is 0.294. The number of nitrogens with zero attached hydrogens (tertiary/aromatic N) is 2. The van der Waals surface area contributed by atoms with Crippen molar-refractivity contribution >= 4 is 50.7 Å². The van der Waals surface area contributed by atoms with Crippen molar-refractivity contribution in [2.45, 2.75) is 17.7 Å². The summed E-state index contributed by atoms with van der Waals surface area (Å²) in [5, 5.41) is 16.1. The Morgan fingerprint density at radius 2 is 1.81 bits per heavy atom. The van der Waals surface area contributed by atoms with Gasteiger partial charge in [0.2, 0.25) is 15.9 Å². The number of rotatable bonds is 6. The number of sulfonamides is 1. The molecule has 2 aromatic rings. The molecule has 9 nitrogen and oxygen atoms in total. The highest BCUT2D eigenvalue weighted by Gasteiger charge is 2.26. The van der Waals surface area contributed by atoms with E-state index >= 15 is 0 Å². The maximum atomic E-state index is 12.5. The van der Waals surface area contributed by atoms with Crippen LogP contribution in [0, 0.1) is 10.1 Å². The highest BCUT2D eigenvalue weighted by molar-refractivity contribution is 7.89. The Morgan fingerprint density at radius 3 is 2.45 bits per heavy atom. The van der Waals surface area contributed by atoms with Gasteiger partial charge in [-0.15, -0.1) is 0 Å². The van der Waals surface area contributed by atoms with Gasteiger partial charge in [0.25, 0.3) is 5.69 Å². The summed E-state index contributed by atoms with van der Waals surface area (Å²) in [5.41, 5.74) is 0.946. The molecule has 1 aliphatic heterocycles. The largest absolute Gasteiger partial charge is 0.332 e. The van der Waals surface area contributed by atoms with Crippen LogP contribution in [0.2, 0.25) is 0 Å². The Bertz CT molecular complexity index is 1120. The number of hydrogen-bond donors (Lipinski definition) is 2. The van der Waals surface area contributed by atoms with Gasteiger partial charge < -0.3 is 5.32 Å². The lowest BCUT2D eigenvalue weighted by Gasteiger charge is -2.16. The summed E-state index contributed by atoms with van der Waals surface area (Å²) in [6.07, 6.45) is 4.37. The third-order valence-electron chi connectivity index (χ3n) is 4.56. The number of amides is 1. The van der Waals surface area contributed by atoms with Gasteiger partial charge in [-0.1, -0.05) is 12.1 Å². The van der Waals surface area contributed by atoms with Crippen LogP contribution in [-0.2, 0) is 14.8 Å². The molecule has 1 saturated heterocycles. The standard InChI is InChI=1S/C20H20N4O5S2/c25-19(11-6-15-4-3-5-17(14-15)24(26)27)22-20(30)21-16-7-9-18(10-8-16)31(28,29)23-12-1-2-13-23/h3-11,14H,1-2,12-13H2,(H2,21,22,25,30)/b11-6+. The van der Waals surface area contributed by atoms with Crippen LogP contribution in [0.15, 0.2) is 59.5 Å². The Kier molecular flexibility index (Phi) is 7.10. The van der Waals surface area contributed by atoms with Crippen LogP contribution in [0.4, 0.5) is 11.4 Å². The molecule has 0 unspecified atom stereocenters. The van der Waals surface area contributed by atoms with Crippen LogP contribution in [0.3, 0.4) is 0 Å². The highest BCUT2D eigenvalue weighted by Crippen LogP contribution is 2.22. The highest BCUT2D eigenvalue weighted by atomic mass is 32.2. The van der Waals surface area contributed by atoms with E-state index in [2.05, 4.69) is 10.6 Å². The first-order valence-electron chi connectivity index (χ1n) is 9.40. The average Bonchev–Trinajstić information content (AvgIpc) is 3.29. The molecule has 31 heavy (non-hydrogen) atoms. The zero-order valence-electron chi connectivity index (χ0n) is 16.4. The molecule has 0 aliphatic carbocycles. The maximum absolute atomic E-state index is 12.5. The molecule has 1 aliphatic rings. The van der Waals surface area contributed by atoms with E-state index in [9.17, 15) is 23.3 Å². The molecule has 1 fully saturated rings. The second-order valence-corrected chi connectivity index (χ2v) is 9.11. The monoisotopic (exact) mass is 460 g/mol. The molecule has 0 bridgehead atoms. The van der Waals surface area contributed by atoms with Crippen molar-refractivity contribution in [3.63, 3.8) is 0 Å². The number of nitro benzene ring substituents is 1. The average molecular weight is 461 g/mol. The van der Waals surface area contributed by atoms with Gasteiger partial charge in [0.1, 0.15) is 0 Å². The van der Waals surface area contributed by atoms with E-state index in [-0.39, 0.29) is 15.7 Å². The lowest BCUT2D eigenvalue weighted by atomic mass is 10.2. The molecule has 0 spiro atoms. The third-order valence-corrected chi connectivity index (χ3v) is 6.68. The minimum absolute atomic E-state index is 0.0313. The fraction of sp³-hybridized carbons (Fsp3) is 0.200. The zero-order chi connectivity index (χ0) is 22.4. The van der Waals surface area contributed by atoms with Crippen LogP contribution < -0.4 is 10.6 Å². The van der Waals surface area contributed by atoms with Crippen molar-refractivity contribution in [2.24, 2.45) is 0 Å². The number of carbonyl (C=O) groups excluding carboxylic acids is 1. The first-order chi connectivity index (χ1) is 14.8. The van der Waals surface area contributed by atoms with Gasteiger partial charge in [-0.3, -0.25) is 20.2 Å². The van der Waals surface area contributed by atoms with Crippen molar-refractivity contribution in [3.8, 4) is 0 Å². The van der Waals surface area contributed by atoms with E-state index in [1.165, 1.54) is 46.8 Å². The lowest BCUT2D eigenvalue weighted by Crippen LogP contribution is -2.32. The van der Waals surface area contributed by atoms with Crippen LogP contribution in [-0.4, -0.2) is 41.8 Å². The number of nitrogens with one attached hydrogen (secondary N) is 2. The fourth-order valence-corrected chi connectivity index (χ4v) is 4.75. The van der Waals surface area contributed by atoms with E-state index in [0.29, 0.717) is 24.3 Å². The number of carbonyl (C=O) groups is 1. The van der Waals surface area contributed by atoms with Crippen LogP contribution in [0.5, 0.6) is 0 Å². The molecule has 0 atom stereocenters. The number of anilines is 1. The second kappa shape index (κ2) is 9.77. The van der Waals surface area contributed by atoms with Gasteiger partial charge in [0.15, 0.2) is 5.11 Å². The Labute approximate surface area is 185 Å². The van der Waals surface area contributed by atoms with Crippen LogP contribution in [0.25, 0.3) is 6.08 Å². The summed E-state index contributed by atoms with van der Waals surface area (Å²) >= 11 is 5.10. The molecular weight excluding hydrogens is 440 g/mol. The molecule has 0 saturated carbocycles. The predicted octanol–water partition coefficient (Wildman–Crippen LogP) is 2.91. The minimum atomic E-state index is -3.49. The van der Waals surface area contributed by atoms with E-state index in [1.807, 2.05) is 0 Å². The summed E-state index contributed by atoms with van der Waals surface area (Å²) < 4.78 is 26.5. The van der Waals surface area contributed by atoms with Gasteiger partial charge in [-0.05, 0) is 61.0 Å². The second-order valence-electron chi connectivity index (χ2n) is 6.76. The summed E-state index contributed by atoms with van der Waals surface area (Å²) in [7, 11) is -3.49. The molecule has 1 heterocycles. The van der Waals surface area contributed by atoms with E-state index in [0.717, 1.165) is 12.8 Å². The first-order valence-corrected chi connectivity index (χ1v) is 11.3. The third kappa shape index (κ3) is 5.94. The van der Waals surface area contributed by atoms with E-state index in [1.54, 1.807) is 18.2 Å². The molecule has 3 rings (SSSR count). The number of hydrogen-bond acceptors (Lipinski definition) is 6. The maximum Gasteiger partial charge on any atom is 0.270 e. The molecule has 162 valence electrons. The van der Waals surface area contributed by atoms with Gasteiger partial charge >= 0.3 is 0 Å². The molecule has 1 amide bonds. The molecule has 0 aromatic heterocycles. The fourth-order valence-electron chi connectivity index (χ4n) is 3.02. The van der Waals surface area contributed by atoms with Crippen LogP contribution >= 0.6 is 12.2 Å². The smallest absolute Gasteiger partial charge is 0.270 e. The number of benzene rings is 2. The summed E-state index contributed by atoms with van der Waals surface area (Å²) in [4.78, 5) is 22.5. The topological polar surface area (TPSA) is 122 Å². The first kappa shape index (κ1) is 22.5. The number of non-ortho nitro benzene ring substituents is 1. The number of thiocarbonyl (C=S) groups is 1. The minimum Gasteiger partial charge on any atom is -0.332 e. The zero-order valence-corrected chi connectivity index (χ0v) is 18.0. The van der Waals surface area contributed by atoms with Crippen LogP contribution in [0.1, 0.15) is 18.4 Å². The van der Waals surface area contributed by atoms with Crippen molar-refractivity contribution in [3.05, 3.63) is 70.3 Å². The van der Waals surface area contributed by atoms with E-state index in [4.69, 9.17) is 12.2 Å². The van der Waals surface area contributed by atoms with Crippen molar-refractivity contribution in [2.75, 3.05) is 18.4 Å². The molecule has 2 N–H and O–H groups in total. The normalized spacial score (nSPS) is 14.5. The predicted molar refractivity (Wildman–Crippen MR) is 121 cm³/mol. The molecule has 0 radical (unpaired) electrons. The van der Waals surface area contributed by atoms with Gasteiger partial charge in [-0.25, -0.2) is 8.42 Å². The van der Waals surface area contributed by atoms with Gasteiger partial charge in [-0.2, -0.15) is 4.31 Å². The summed E-state index contributed by atoms with van der Waals surface area (Å²) in [5.74, 6) is -0.516. The van der Waals surface area contributed by atoms with Crippen molar-refractivity contribution in [1.82, 2.24) is 9.62 Å². The Balaban J connectivity index is 1.56. The van der Waals surface area contributed by atoms with Crippen molar-refractivity contribution in [1.29, 1.82) is 0 Å². The van der Waals surface area contributed by atoms with Crippen molar-refractivity contribution < 1.29 is 18.1 Å². The summed E-state index contributed by atoms with van der Waals surface area (Å²) in [6.45, 7) is 1.06. The van der Waals surface area contributed by atoms with Gasteiger partial charge in [0, 0.05) is 37.0 Å². The molecule has 11 heteroatoms. The Hall–Kier alpha value is -3.15. The van der Waals surface area contributed by atoms with Gasteiger partial charge in [0.05, 0.1) is 9.82 Å². The lowest BCUT2D eigenvalue weighted by molar-refractivity contribution is -0.384.